The van der Waals surface area contributed by atoms with Gasteiger partial charge in [-0.15, -0.1) is 0 Å². The van der Waals surface area contributed by atoms with Crippen LogP contribution in [0.1, 0.15) is 57.8 Å². The van der Waals surface area contributed by atoms with Gasteiger partial charge in [0.05, 0.1) is 6.54 Å². The van der Waals surface area contributed by atoms with E-state index in [9.17, 15) is 4.79 Å². The minimum absolute atomic E-state index is 0.414. The number of rotatable bonds is 3. The fourth-order valence-electron chi connectivity index (χ4n) is 4.28. The standard InChI is InChI=1S/C15H25NO/c17-15(13-6-1-2-7-13)11-16-10-9-12-5-3-4-8-14(12)16/h12-14H,1-11H2. The number of hydrogen-bond acceptors (Lipinski definition) is 2. The second kappa shape index (κ2) is 5.09. The lowest BCUT2D eigenvalue weighted by atomic mass is 9.85. The molecule has 96 valence electrons. The third-order valence-corrected chi connectivity index (χ3v) is 5.29. The van der Waals surface area contributed by atoms with Gasteiger partial charge in [-0.3, -0.25) is 9.69 Å². The van der Waals surface area contributed by atoms with Gasteiger partial charge in [0.1, 0.15) is 5.78 Å². The summed E-state index contributed by atoms with van der Waals surface area (Å²) in [6.45, 7) is 1.96. The second-order valence-corrected chi connectivity index (χ2v) is 6.32. The van der Waals surface area contributed by atoms with E-state index < -0.39 is 0 Å². The third-order valence-electron chi connectivity index (χ3n) is 5.29. The fraction of sp³-hybridized carbons (Fsp3) is 0.933. The Labute approximate surface area is 105 Å². The van der Waals surface area contributed by atoms with Crippen molar-refractivity contribution in [3.63, 3.8) is 0 Å². The molecule has 1 saturated heterocycles. The molecule has 0 N–H and O–H groups in total. The van der Waals surface area contributed by atoms with Gasteiger partial charge in [-0.25, -0.2) is 0 Å². The Kier molecular flexibility index (Phi) is 3.51. The van der Waals surface area contributed by atoms with Gasteiger partial charge in [0.25, 0.3) is 0 Å². The zero-order valence-corrected chi connectivity index (χ0v) is 10.9. The van der Waals surface area contributed by atoms with Crippen LogP contribution in [-0.2, 0) is 4.79 Å². The number of carbonyl (C=O) groups excluding carboxylic acids is 1. The molecule has 3 fully saturated rings. The number of carbonyl (C=O) groups is 1. The van der Waals surface area contributed by atoms with Crippen molar-refractivity contribution in [3.8, 4) is 0 Å². The van der Waals surface area contributed by atoms with Gasteiger partial charge in [0.15, 0.2) is 0 Å². The number of ketones is 1. The first-order valence-corrected chi connectivity index (χ1v) is 7.61. The van der Waals surface area contributed by atoms with Crippen LogP contribution in [0, 0.1) is 11.8 Å². The molecule has 3 rings (SSSR count). The molecule has 0 aromatic carbocycles. The smallest absolute Gasteiger partial charge is 0.149 e. The van der Waals surface area contributed by atoms with Crippen LogP contribution < -0.4 is 0 Å². The minimum atomic E-state index is 0.414. The van der Waals surface area contributed by atoms with E-state index in [4.69, 9.17) is 0 Å². The predicted molar refractivity (Wildman–Crippen MR) is 68.9 cm³/mol. The lowest BCUT2D eigenvalue weighted by Crippen LogP contribution is -2.39. The molecular formula is C15H25NO. The van der Waals surface area contributed by atoms with E-state index >= 15 is 0 Å². The predicted octanol–water partition coefficient (Wildman–Crippen LogP) is 3.01. The summed E-state index contributed by atoms with van der Waals surface area (Å²) >= 11 is 0. The molecular weight excluding hydrogens is 210 g/mol. The van der Waals surface area contributed by atoms with Crippen LogP contribution in [0.2, 0.25) is 0 Å². The van der Waals surface area contributed by atoms with E-state index in [1.807, 2.05) is 0 Å². The Morgan fingerprint density at radius 1 is 0.941 bits per heavy atom. The molecule has 17 heavy (non-hydrogen) atoms. The topological polar surface area (TPSA) is 20.3 Å². The number of nitrogens with zero attached hydrogens (tertiary/aromatic N) is 1. The van der Waals surface area contributed by atoms with Crippen molar-refractivity contribution in [3.05, 3.63) is 0 Å². The fourth-order valence-corrected chi connectivity index (χ4v) is 4.28. The maximum atomic E-state index is 12.2. The Bertz CT molecular complexity index is 283. The van der Waals surface area contributed by atoms with Crippen LogP contribution in [0.3, 0.4) is 0 Å². The largest absolute Gasteiger partial charge is 0.298 e. The Morgan fingerprint density at radius 3 is 2.47 bits per heavy atom. The Balaban J connectivity index is 1.56. The monoisotopic (exact) mass is 235 g/mol. The maximum absolute atomic E-state index is 12.2. The Hall–Kier alpha value is -0.370. The van der Waals surface area contributed by atoms with Crippen molar-refractivity contribution in [2.24, 2.45) is 11.8 Å². The van der Waals surface area contributed by atoms with Crippen LogP contribution in [0.15, 0.2) is 0 Å². The lowest BCUT2D eigenvalue weighted by molar-refractivity contribution is -0.124. The van der Waals surface area contributed by atoms with Gasteiger partial charge >= 0.3 is 0 Å². The highest BCUT2D eigenvalue weighted by molar-refractivity contribution is 5.83. The second-order valence-electron chi connectivity index (χ2n) is 6.32. The molecule has 2 saturated carbocycles. The molecule has 2 unspecified atom stereocenters. The highest BCUT2D eigenvalue weighted by atomic mass is 16.1. The van der Waals surface area contributed by atoms with Crippen LogP contribution in [0.25, 0.3) is 0 Å². The van der Waals surface area contributed by atoms with Crippen LogP contribution in [0.5, 0.6) is 0 Å². The summed E-state index contributed by atoms with van der Waals surface area (Å²) in [5.74, 6) is 1.88. The zero-order chi connectivity index (χ0) is 11.7. The number of fused-ring (bicyclic) bond motifs is 1. The summed E-state index contributed by atoms with van der Waals surface area (Å²) in [5.41, 5.74) is 0. The van der Waals surface area contributed by atoms with Crippen LogP contribution in [0.4, 0.5) is 0 Å². The quantitative estimate of drug-likeness (QED) is 0.749. The number of likely N-dealkylation sites (tertiary alicyclic amines) is 1. The van der Waals surface area contributed by atoms with E-state index in [0.29, 0.717) is 11.7 Å². The summed E-state index contributed by atoms with van der Waals surface area (Å²) in [4.78, 5) is 14.8. The van der Waals surface area contributed by atoms with E-state index in [1.165, 1.54) is 64.3 Å². The first-order chi connectivity index (χ1) is 8.34. The summed E-state index contributed by atoms with van der Waals surface area (Å²) in [6, 6.07) is 0.758. The molecule has 2 atom stereocenters. The van der Waals surface area contributed by atoms with E-state index in [2.05, 4.69) is 4.90 Å². The van der Waals surface area contributed by atoms with Gasteiger partial charge in [-0.05, 0) is 44.6 Å². The summed E-state index contributed by atoms with van der Waals surface area (Å²) < 4.78 is 0. The molecule has 0 bridgehead atoms. The van der Waals surface area contributed by atoms with Crippen molar-refractivity contribution in [1.82, 2.24) is 4.90 Å². The van der Waals surface area contributed by atoms with Crippen molar-refractivity contribution < 1.29 is 4.79 Å². The molecule has 1 heterocycles. The molecule has 2 nitrogen and oxygen atoms in total. The molecule has 2 aliphatic carbocycles. The normalized spacial score (nSPS) is 35.1. The van der Waals surface area contributed by atoms with Gasteiger partial charge in [-0.2, -0.15) is 0 Å². The third kappa shape index (κ3) is 2.42. The SMILES string of the molecule is O=C(CN1CCC2CCCCC21)C1CCCC1. The molecule has 3 aliphatic rings. The van der Waals surface area contributed by atoms with Crippen LogP contribution >= 0.6 is 0 Å². The highest BCUT2D eigenvalue weighted by Gasteiger charge is 2.37. The van der Waals surface area contributed by atoms with Crippen molar-refractivity contribution >= 4 is 5.78 Å². The molecule has 0 radical (unpaired) electrons. The molecule has 0 aromatic heterocycles. The zero-order valence-electron chi connectivity index (χ0n) is 10.9. The molecule has 0 spiro atoms. The first-order valence-electron chi connectivity index (χ1n) is 7.61. The maximum Gasteiger partial charge on any atom is 0.149 e. The Morgan fingerprint density at radius 2 is 1.65 bits per heavy atom. The average Bonchev–Trinajstić information content (AvgIpc) is 2.98. The molecule has 0 aromatic rings. The van der Waals surface area contributed by atoms with E-state index in [1.54, 1.807) is 0 Å². The summed E-state index contributed by atoms with van der Waals surface area (Å²) in [7, 11) is 0. The average molecular weight is 235 g/mol. The first kappa shape index (κ1) is 11.7. The summed E-state index contributed by atoms with van der Waals surface area (Å²) in [5, 5.41) is 0. The van der Waals surface area contributed by atoms with Gasteiger partial charge in [-0.1, -0.05) is 25.7 Å². The van der Waals surface area contributed by atoms with Crippen molar-refractivity contribution in [2.75, 3.05) is 13.1 Å². The minimum Gasteiger partial charge on any atom is -0.298 e. The van der Waals surface area contributed by atoms with Gasteiger partial charge in [0.2, 0.25) is 0 Å². The van der Waals surface area contributed by atoms with Crippen LogP contribution in [-0.4, -0.2) is 29.8 Å². The summed E-state index contributed by atoms with van der Waals surface area (Å²) in [6.07, 6.45) is 11.8. The molecule has 1 aliphatic heterocycles. The molecule has 2 heteroatoms. The van der Waals surface area contributed by atoms with E-state index in [0.717, 1.165) is 18.5 Å². The van der Waals surface area contributed by atoms with Gasteiger partial charge in [0, 0.05) is 12.0 Å². The van der Waals surface area contributed by atoms with Crippen molar-refractivity contribution in [2.45, 2.75) is 63.8 Å². The van der Waals surface area contributed by atoms with Crippen molar-refractivity contribution in [1.29, 1.82) is 0 Å². The lowest BCUT2D eigenvalue weighted by Gasteiger charge is -2.31. The number of Topliss-reactive ketones (excluding diaryl/α,β-unsaturated/α-hetero) is 1. The highest BCUT2D eigenvalue weighted by Crippen LogP contribution is 2.36. The molecule has 0 amide bonds. The number of hydrogen-bond donors (Lipinski definition) is 0. The van der Waals surface area contributed by atoms with E-state index in [-0.39, 0.29) is 0 Å². The van der Waals surface area contributed by atoms with Gasteiger partial charge < -0.3 is 0 Å².